The lowest BCUT2D eigenvalue weighted by Gasteiger charge is -2.30. The number of nitrogens with one attached hydrogen (secondary N) is 1. The third-order valence-electron chi connectivity index (χ3n) is 3.38. The van der Waals surface area contributed by atoms with Gasteiger partial charge in [0.2, 0.25) is 0 Å². The molecule has 2 atom stereocenters. The molecular weight excluding hydrogens is 232 g/mol. The van der Waals surface area contributed by atoms with Crippen molar-refractivity contribution in [1.82, 2.24) is 10.2 Å². The summed E-state index contributed by atoms with van der Waals surface area (Å²) in [5.74, 6) is -0.239. The molecule has 0 radical (unpaired) electrons. The molecule has 106 valence electrons. The first-order valence-corrected chi connectivity index (χ1v) is 6.80. The average Bonchev–Trinajstić information content (AvgIpc) is 2.32. The molecule has 0 amide bonds. The van der Waals surface area contributed by atoms with Crippen LogP contribution in [-0.4, -0.2) is 61.9 Å². The summed E-state index contributed by atoms with van der Waals surface area (Å²) in [6.45, 7) is 6.75. The van der Waals surface area contributed by atoms with E-state index in [2.05, 4.69) is 24.2 Å². The molecular formula is C13H26N2O3. The summed E-state index contributed by atoms with van der Waals surface area (Å²) >= 11 is 0. The Morgan fingerprint density at radius 1 is 1.56 bits per heavy atom. The first-order chi connectivity index (χ1) is 8.58. The summed E-state index contributed by atoms with van der Waals surface area (Å²) in [7, 11) is 2.11. The van der Waals surface area contributed by atoms with Gasteiger partial charge in [-0.2, -0.15) is 0 Å². The van der Waals surface area contributed by atoms with Gasteiger partial charge in [-0.1, -0.05) is 6.92 Å². The SMILES string of the molecule is CC(CCNCC1CN(C)CCO1)CCC(=O)O. The normalized spacial score (nSPS) is 22.9. The highest BCUT2D eigenvalue weighted by atomic mass is 16.5. The van der Waals surface area contributed by atoms with E-state index in [0.717, 1.165) is 45.6 Å². The number of likely N-dealkylation sites (N-methyl/N-ethyl adjacent to an activating group) is 1. The van der Waals surface area contributed by atoms with Crippen molar-refractivity contribution in [3.05, 3.63) is 0 Å². The van der Waals surface area contributed by atoms with Crippen LogP contribution in [0.2, 0.25) is 0 Å². The summed E-state index contributed by atoms with van der Waals surface area (Å²) in [6.07, 6.45) is 2.35. The largest absolute Gasteiger partial charge is 0.481 e. The molecule has 1 rings (SSSR count). The zero-order chi connectivity index (χ0) is 13.4. The van der Waals surface area contributed by atoms with Crippen LogP contribution in [0.3, 0.4) is 0 Å². The molecule has 0 bridgehead atoms. The maximum Gasteiger partial charge on any atom is 0.303 e. The Hall–Kier alpha value is -0.650. The molecule has 1 fully saturated rings. The van der Waals surface area contributed by atoms with Gasteiger partial charge in [-0.15, -0.1) is 0 Å². The molecule has 5 nitrogen and oxygen atoms in total. The number of morpholine rings is 1. The standard InChI is InChI=1S/C13H26N2O3/c1-11(3-4-13(16)17)5-6-14-9-12-10-15(2)7-8-18-12/h11-12,14H,3-10H2,1-2H3,(H,16,17). The first-order valence-electron chi connectivity index (χ1n) is 6.80. The van der Waals surface area contributed by atoms with Crippen LogP contribution in [0.25, 0.3) is 0 Å². The second kappa shape index (κ2) is 8.45. The Morgan fingerprint density at radius 2 is 2.33 bits per heavy atom. The number of aliphatic carboxylic acids is 1. The quantitative estimate of drug-likeness (QED) is 0.631. The number of carbonyl (C=O) groups is 1. The van der Waals surface area contributed by atoms with Gasteiger partial charge in [0.15, 0.2) is 0 Å². The zero-order valence-electron chi connectivity index (χ0n) is 11.5. The van der Waals surface area contributed by atoms with E-state index >= 15 is 0 Å². The number of hydrogen-bond acceptors (Lipinski definition) is 4. The minimum Gasteiger partial charge on any atom is -0.481 e. The van der Waals surface area contributed by atoms with Gasteiger partial charge in [0.05, 0.1) is 12.7 Å². The lowest BCUT2D eigenvalue weighted by molar-refractivity contribution is -0.137. The summed E-state index contributed by atoms with van der Waals surface area (Å²) in [4.78, 5) is 12.7. The molecule has 2 N–H and O–H groups in total. The fourth-order valence-corrected chi connectivity index (χ4v) is 2.12. The molecule has 0 aromatic rings. The minimum atomic E-state index is -0.701. The Labute approximate surface area is 109 Å². The van der Waals surface area contributed by atoms with E-state index in [0.29, 0.717) is 5.92 Å². The molecule has 0 aromatic carbocycles. The minimum absolute atomic E-state index is 0.275. The summed E-state index contributed by atoms with van der Waals surface area (Å²) in [5, 5.41) is 12.0. The van der Waals surface area contributed by atoms with Crippen molar-refractivity contribution in [2.45, 2.75) is 32.3 Å². The molecule has 1 heterocycles. The molecule has 1 saturated heterocycles. The highest BCUT2D eigenvalue weighted by Gasteiger charge is 2.16. The second-order valence-electron chi connectivity index (χ2n) is 5.29. The second-order valence-corrected chi connectivity index (χ2v) is 5.29. The lowest BCUT2D eigenvalue weighted by atomic mass is 10.0. The monoisotopic (exact) mass is 258 g/mol. The van der Waals surface area contributed by atoms with E-state index in [4.69, 9.17) is 9.84 Å². The average molecular weight is 258 g/mol. The number of ether oxygens (including phenoxy) is 1. The Morgan fingerprint density at radius 3 is 3.00 bits per heavy atom. The van der Waals surface area contributed by atoms with Crippen molar-refractivity contribution >= 4 is 5.97 Å². The number of carboxylic acids is 1. The fraction of sp³-hybridized carbons (Fsp3) is 0.923. The smallest absolute Gasteiger partial charge is 0.303 e. The number of nitrogens with zero attached hydrogens (tertiary/aromatic N) is 1. The van der Waals surface area contributed by atoms with Crippen LogP contribution >= 0.6 is 0 Å². The van der Waals surface area contributed by atoms with E-state index < -0.39 is 5.97 Å². The number of rotatable bonds is 8. The van der Waals surface area contributed by atoms with Crippen LogP contribution in [0.1, 0.15) is 26.2 Å². The van der Waals surface area contributed by atoms with Crippen LogP contribution < -0.4 is 5.32 Å². The van der Waals surface area contributed by atoms with E-state index in [-0.39, 0.29) is 12.5 Å². The van der Waals surface area contributed by atoms with Gasteiger partial charge in [0.1, 0.15) is 0 Å². The van der Waals surface area contributed by atoms with Gasteiger partial charge >= 0.3 is 5.97 Å². The maximum atomic E-state index is 10.4. The van der Waals surface area contributed by atoms with Crippen LogP contribution in [0.15, 0.2) is 0 Å². The van der Waals surface area contributed by atoms with E-state index in [1.54, 1.807) is 0 Å². The maximum absolute atomic E-state index is 10.4. The van der Waals surface area contributed by atoms with Crippen molar-refractivity contribution in [2.24, 2.45) is 5.92 Å². The molecule has 1 aliphatic heterocycles. The molecule has 5 heteroatoms. The van der Waals surface area contributed by atoms with E-state index in [9.17, 15) is 4.79 Å². The third-order valence-corrected chi connectivity index (χ3v) is 3.38. The Kier molecular flexibility index (Phi) is 7.23. The van der Waals surface area contributed by atoms with Gasteiger partial charge in [-0.25, -0.2) is 0 Å². The summed E-state index contributed by atoms with van der Waals surface area (Å²) < 4.78 is 5.65. The lowest BCUT2D eigenvalue weighted by Crippen LogP contribution is -2.45. The van der Waals surface area contributed by atoms with Gasteiger partial charge in [0.25, 0.3) is 0 Å². The van der Waals surface area contributed by atoms with Gasteiger partial charge in [-0.05, 0) is 32.4 Å². The van der Waals surface area contributed by atoms with Crippen LogP contribution in [0.4, 0.5) is 0 Å². The van der Waals surface area contributed by atoms with Crippen LogP contribution in [0, 0.1) is 5.92 Å². The molecule has 0 aliphatic carbocycles. The van der Waals surface area contributed by atoms with Gasteiger partial charge < -0.3 is 20.1 Å². The summed E-state index contributed by atoms with van der Waals surface area (Å²) in [6, 6.07) is 0. The molecule has 0 saturated carbocycles. The number of carboxylic acid groups (broad SMARTS) is 1. The van der Waals surface area contributed by atoms with Crippen molar-refractivity contribution < 1.29 is 14.6 Å². The molecule has 2 unspecified atom stereocenters. The summed E-state index contributed by atoms with van der Waals surface area (Å²) in [5.41, 5.74) is 0. The first kappa shape index (κ1) is 15.4. The van der Waals surface area contributed by atoms with Crippen molar-refractivity contribution in [3.63, 3.8) is 0 Å². The molecule has 0 spiro atoms. The van der Waals surface area contributed by atoms with Crippen molar-refractivity contribution in [3.8, 4) is 0 Å². The topological polar surface area (TPSA) is 61.8 Å². The van der Waals surface area contributed by atoms with E-state index in [1.165, 1.54) is 0 Å². The van der Waals surface area contributed by atoms with Crippen LogP contribution in [0.5, 0.6) is 0 Å². The van der Waals surface area contributed by atoms with Crippen molar-refractivity contribution in [1.29, 1.82) is 0 Å². The predicted octanol–water partition coefficient (Wildman–Crippen LogP) is 0.798. The predicted molar refractivity (Wildman–Crippen MR) is 70.8 cm³/mol. The highest BCUT2D eigenvalue weighted by Crippen LogP contribution is 2.09. The van der Waals surface area contributed by atoms with E-state index in [1.807, 2.05) is 0 Å². The van der Waals surface area contributed by atoms with Gasteiger partial charge in [-0.3, -0.25) is 4.79 Å². The molecule has 18 heavy (non-hydrogen) atoms. The third kappa shape index (κ3) is 6.93. The van der Waals surface area contributed by atoms with Gasteiger partial charge in [0, 0.05) is 26.1 Å². The molecule has 0 aromatic heterocycles. The zero-order valence-corrected chi connectivity index (χ0v) is 11.5. The fourth-order valence-electron chi connectivity index (χ4n) is 2.12. The molecule has 1 aliphatic rings. The van der Waals surface area contributed by atoms with Crippen LogP contribution in [-0.2, 0) is 9.53 Å². The Balaban J connectivity index is 1.98. The Bertz CT molecular complexity index is 248. The highest BCUT2D eigenvalue weighted by molar-refractivity contribution is 5.66. The number of hydrogen-bond donors (Lipinski definition) is 2. The van der Waals surface area contributed by atoms with Crippen molar-refractivity contribution in [2.75, 3.05) is 39.8 Å².